The Morgan fingerprint density at radius 3 is 2.67 bits per heavy atom. The third-order valence-electron chi connectivity index (χ3n) is 3.27. The van der Waals surface area contributed by atoms with Crippen LogP contribution in [0, 0.1) is 0 Å². The zero-order valence-corrected chi connectivity index (χ0v) is 11.1. The van der Waals surface area contributed by atoms with Gasteiger partial charge < -0.3 is 14.7 Å². The van der Waals surface area contributed by atoms with Gasteiger partial charge in [0.25, 0.3) is 0 Å². The average molecular weight is 257 g/mol. The molecule has 1 atom stereocenters. The minimum absolute atomic E-state index is 0.0993. The number of ether oxygens (including phenoxy) is 1. The Kier molecular flexibility index (Phi) is 6.72. The summed E-state index contributed by atoms with van der Waals surface area (Å²) in [4.78, 5) is 24.8. The molecule has 1 N–H and O–H groups in total. The van der Waals surface area contributed by atoms with Gasteiger partial charge in [-0.3, -0.25) is 4.79 Å². The van der Waals surface area contributed by atoms with E-state index in [-0.39, 0.29) is 12.3 Å². The largest absolute Gasteiger partial charge is 0.480 e. The maximum atomic E-state index is 12.0. The Bertz CT molecular complexity index is 280. The van der Waals surface area contributed by atoms with Crippen LogP contribution in [-0.2, 0) is 14.3 Å². The van der Waals surface area contributed by atoms with Crippen LogP contribution in [0.3, 0.4) is 0 Å². The number of carbonyl (C=O) groups excluding carboxylic acids is 1. The lowest BCUT2D eigenvalue weighted by molar-refractivity contribution is -0.151. The Labute approximate surface area is 108 Å². The van der Waals surface area contributed by atoms with E-state index in [2.05, 4.69) is 0 Å². The van der Waals surface area contributed by atoms with Crippen LogP contribution in [0.4, 0.5) is 0 Å². The van der Waals surface area contributed by atoms with Crippen molar-refractivity contribution in [3.05, 3.63) is 0 Å². The summed E-state index contributed by atoms with van der Waals surface area (Å²) in [5, 5.41) is 9.22. The minimum Gasteiger partial charge on any atom is -0.480 e. The van der Waals surface area contributed by atoms with Gasteiger partial charge in [0, 0.05) is 13.2 Å². The van der Waals surface area contributed by atoms with Gasteiger partial charge >= 0.3 is 5.97 Å². The van der Waals surface area contributed by atoms with Crippen LogP contribution < -0.4 is 0 Å². The first-order chi connectivity index (χ1) is 8.66. The number of carboxylic acid groups (broad SMARTS) is 1. The third kappa shape index (κ3) is 4.64. The summed E-state index contributed by atoms with van der Waals surface area (Å²) >= 11 is 0. The number of likely N-dealkylation sites (tertiary alicyclic amines) is 1. The van der Waals surface area contributed by atoms with Crippen molar-refractivity contribution < 1.29 is 19.4 Å². The molecule has 0 aromatic heterocycles. The van der Waals surface area contributed by atoms with Gasteiger partial charge in [-0.05, 0) is 19.8 Å². The molecule has 0 radical (unpaired) electrons. The molecule has 1 saturated heterocycles. The van der Waals surface area contributed by atoms with E-state index < -0.39 is 12.0 Å². The van der Waals surface area contributed by atoms with Crippen molar-refractivity contribution in [2.75, 3.05) is 19.8 Å². The molecule has 1 amide bonds. The van der Waals surface area contributed by atoms with Crippen LogP contribution in [0.25, 0.3) is 0 Å². The third-order valence-corrected chi connectivity index (χ3v) is 3.27. The second kappa shape index (κ2) is 8.08. The summed E-state index contributed by atoms with van der Waals surface area (Å²) in [6.07, 6.45) is 4.75. The molecule has 1 heterocycles. The van der Waals surface area contributed by atoms with Gasteiger partial charge in [-0.1, -0.05) is 19.3 Å². The van der Waals surface area contributed by atoms with E-state index in [1.54, 1.807) is 0 Å². The highest BCUT2D eigenvalue weighted by atomic mass is 16.5. The molecule has 0 aliphatic carbocycles. The number of hydrogen-bond acceptors (Lipinski definition) is 3. The van der Waals surface area contributed by atoms with Gasteiger partial charge in [0.1, 0.15) is 6.04 Å². The molecule has 1 aliphatic heterocycles. The van der Waals surface area contributed by atoms with E-state index in [1.165, 1.54) is 4.90 Å². The second-order valence-corrected chi connectivity index (χ2v) is 4.59. The molecular formula is C13H23NO4. The van der Waals surface area contributed by atoms with Crippen LogP contribution in [0.5, 0.6) is 0 Å². The van der Waals surface area contributed by atoms with Crippen LogP contribution in [0.15, 0.2) is 0 Å². The summed E-state index contributed by atoms with van der Waals surface area (Å²) in [6, 6.07) is -0.653. The fraction of sp³-hybridized carbons (Fsp3) is 0.846. The molecular weight excluding hydrogens is 234 g/mol. The SMILES string of the molecule is CCOCCC(=O)N1CCCCCCC1C(=O)O. The molecule has 0 bridgehead atoms. The number of amides is 1. The Balaban J connectivity index is 2.59. The van der Waals surface area contributed by atoms with Crippen LogP contribution >= 0.6 is 0 Å². The van der Waals surface area contributed by atoms with Crippen molar-refractivity contribution in [2.45, 2.75) is 51.5 Å². The van der Waals surface area contributed by atoms with Gasteiger partial charge in [-0.25, -0.2) is 4.79 Å². The van der Waals surface area contributed by atoms with Crippen LogP contribution in [0.1, 0.15) is 45.4 Å². The molecule has 0 aromatic rings. The topological polar surface area (TPSA) is 66.8 Å². The number of carbonyl (C=O) groups is 2. The highest BCUT2D eigenvalue weighted by Crippen LogP contribution is 2.17. The van der Waals surface area contributed by atoms with Crippen molar-refractivity contribution in [2.24, 2.45) is 0 Å². The van der Waals surface area contributed by atoms with E-state index in [4.69, 9.17) is 4.74 Å². The highest BCUT2D eigenvalue weighted by molar-refractivity contribution is 5.83. The molecule has 104 valence electrons. The van der Waals surface area contributed by atoms with E-state index in [9.17, 15) is 14.7 Å². The number of carboxylic acids is 1. The van der Waals surface area contributed by atoms with Crippen molar-refractivity contribution in [3.63, 3.8) is 0 Å². The maximum absolute atomic E-state index is 12.0. The average Bonchev–Trinajstić information content (AvgIpc) is 2.28. The maximum Gasteiger partial charge on any atom is 0.326 e. The van der Waals surface area contributed by atoms with E-state index in [0.717, 1.165) is 25.7 Å². The molecule has 0 aromatic carbocycles. The van der Waals surface area contributed by atoms with Crippen LogP contribution in [0.2, 0.25) is 0 Å². The molecule has 1 fully saturated rings. The number of rotatable bonds is 5. The van der Waals surface area contributed by atoms with Crippen molar-refractivity contribution >= 4 is 11.9 Å². The summed E-state index contributed by atoms with van der Waals surface area (Å²) in [6.45, 7) is 3.39. The molecule has 18 heavy (non-hydrogen) atoms. The zero-order chi connectivity index (χ0) is 13.4. The molecule has 1 aliphatic rings. The van der Waals surface area contributed by atoms with Crippen LogP contribution in [-0.4, -0.2) is 47.7 Å². The van der Waals surface area contributed by atoms with E-state index >= 15 is 0 Å². The first kappa shape index (κ1) is 15.0. The van der Waals surface area contributed by atoms with Crippen molar-refractivity contribution in [1.29, 1.82) is 0 Å². The fourth-order valence-electron chi connectivity index (χ4n) is 2.29. The number of hydrogen-bond donors (Lipinski definition) is 1. The first-order valence-electron chi connectivity index (χ1n) is 6.76. The molecule has 1 unspecified atom stereocenters. The standard InChI is InChI=1S/C13H23NO4/c1-2-18-10-8-12(15)14-9-6-4-3-5-7-11(14)13(16)17/h11H,2-10H2,1H3,(H,16,17). The summed E-state index contributed by atoms with van der Waals surface area (Å²) < 4.78 is 5.15. The number of aliphatic carboxylic acids is 1. The van der Waals surface area contributed by atoms with E-state index in [1.807, 2.05) is 6.92 Å². The highest BCUT2D eigenvalue weighted by Gasteiger charge is 2.29. The lowest BCUT2D eigenvalue weighted by Gasteiger charge is -2.31. The van der Waals surface area contributed by atoms with Gasteiger partial charge in [0.15, 0.2) is 0 Å². The van der Waals surface area contributed by atoms with Gasteiger partial charge in [0.2, 0.25) is 5.91 Å². The molecule has 1 rings (SSSR count). The Morgan fingerprint density at radius 1 is 1.28 bits per heavy atom. The molecule has 0 spiro atoms. The van der Waals surface area contributed by atoms with Crippen molar-refractivity contribution in [3.8, 4) is 0 Å². The minimum atomic E-state index is -0.887. The molecule has 0 saturated carbocycles. The Hall–Kier alpha value is -1.10. The quantitative estimate of drug-likeness (QED) is 0.761. The summed E-state index contributed by atoms with van der Waals surface area (Å²) in [7, 11) is 0. The van der Waals surface area contributed by atoms with Crippen molar-refractivity contribution in [1.82, 2.24) is 4.90 Å². The van der Waals surface area contributed by atoms with Gasteiger partial charge in [0.05, 0.1) is 13.0 Å². The first-order valence-corrected chi connectivity index (χ1v) is 6.76. The Morgan fingerprint density at radius 2 is 2.00 bits per heavy atom. The summed E-state index contributed by atoms with van der Waals surface area (Å²) in [5.41, 5.74) is 0. The van der Waals surface area contributed by atoms with E-state index in [0.29, 0.717) is 26.2 Å². The smallest absolute Gasteiger partial charge is 0.326 e. The zero-order valence-electron chi connectivity index (χ0n) is 11.1. The summed E-state index contributed by atoms with van der Waals surface area (Å²) in [5.74, 6) is -0.987. The normalized spacial score (nSPS) is 21.2. The monoisotopic (exact) mass is 257 g/mol. The predicted molar refractivity (Wildman–Crippen MR) is 67.3 cm³/mol. The second-order valence-electron chi connectivity index (χ2n) is 4.59. The molecule has 5 heteroatoms. The van der Waals surface area contributed by atoms with Gasteiger partial charge in [-0.15, -0.1) is 0 Å². The number of nitrogens with zero attached hydrogens (tertiary/aromatic N) is 1. The van der Waals surface area contributed by atoms with Gasteiger partial charge in [-0.2, -0.15) is 0 Å². The lowest BCUT2D eigenvalue weighted by Crippen LogP contribution is -2.46. The predicted octanol–water partition coefficient (Wildman–Crippen LogP) is 1.66. The fourth-order valence-corrected chi connectivity index (χ4v) is 2.29. The lowest BCUT2D eigenvalue weighted by atomic mass is 10.0. The molecule has 5 nitrogen and oxygen atoms in total.